The highest BCUT2D eigenvalue weighted by Gasteiger charge is 2.22. The standard InChI is InChI=1S/C9H20N2O4S/c12-8-9(13)7-10-16(14,15)11-5-3-1-2-4-6-11/h9-10,12-13H,1-8H2. The van der Waals surface area contributed by atoms with Crippen molar-refractivity contribution in [3.63, 3.8) is 0 Å². The second-order valence-corrected chi connectivity index (χ2v) is 5.76. The molecule has 1 aliphatic heterocycles. The van der Waals surface area contributed by atoms with Gasteiger partial charge in [0.05, 0.1) is 12.7 Å². The molecule has 1 rings (SSSR count). The first kappa shape index (κ1) is 13.9. The Kier molecular flexibility index (Phi) is 5.63. The van der Waals surface area contributed by atoms with Gasteiger partial charge in [0.25, 0.3) is 10.2 Å². The molecule has 1 unspecified atom stereocenters. The molecule has 0 saturated carbocycles. The Morgan fingerprint density at radius 2 is 1.75 bits per heavy atom. The summed E-state index contributed by atoms with van der Waals surface area (Å²) in [6.45, 7) is 0.479. The van der Waals surface area contributed by atoms with Gasteiger partial charge in [-0.15, -0.1) is 0 Å². The van der Waals surface area contributed by atoms with E-state index in [4.69, 9.17) is 10.2 Å². The molecule has 1 fully saturated rings. The summed E-state index contributed by atoms with van der Waals surface area (Å²) >= 11 is 0. The van der Waals surface area contributed by atoms with Crippen molar-refractivity contribution >= 4 is 10.2 Å². The van der Waals surface area contributed by atoms with Crippen LogP contribution in [0.15, 0.2) is 0 Å². The lowest BCUT2D eigenvalue weighted by atomic mass is 10.2. The first-order valence-electron chi connectivity index (χ1n) is 5.60. The normalized spacial score (nSPS) is 21.6. The fraction of sp³-hybridized carbons (Fsp3) is 1.00. The highest BCUT2D eigenvalue weighted by molar-refractivity contribution is 7.87. The number of hydrogen-bond acceptors (Lipinski definition) is 4. The summed E-state index contributed by atoms with van der Waals surface area (Å²) in [5.74, 6) is 0. The molecule has 0 aromatic rings. The lowest BCUT2D eigenvalue weighted by Crippen LogP contribution is -2.44. The van der Waals surface area contributed by atoms with Gasteiger partial charge in [-0.2, -0.15) is 17.4 Å². The van der Waals surface area contributed by atoms with Gasteiger partial charge in [0.15, 0.2) is 0 Å². The summed E-state index contributed by atoms with van der Waals surface area (Å²) in [6.07, 6.45) is 2.84. The second kappa shape index (κ2) is 6.51. The maximum absolute atomic E-state index is 11.8. The van der Waals surface area contributed by atoms with E-state index in [0.29, 0.717) is 13.1 Å². The van der Waals surface area contributed by atoms with E-state index in [1.807, 2.05) is 0 Å². The monoisotopic (exact) mass is 252 g/mol. The zero-order chi connectivity index (χ0) is 12.0. The van der Waals surface area contributed by atoms with Crippen LogP contribution in [0, 0.1) is 0 Å². The topological polar surface area (TPSA) is 89.9 Å². The Bertz CT molecular complexity index is 286. The van der Waals surface area contributed by atoms with Gasteiger partial charge in [-0.25, -0.2) is 0 Å². The van der Waals surface area contributed by atoms with Crippen LogP contribution in [0.3, 0.4) is 0 Å². The largest absolute Gasteiger partial charge is 0.394 e. The Hall–Kier alpha value is -0.210. The van der Waals surface area contributed by atoms with Gasteiger partial charge in [-0.1, -0.05) is 12.8 Å². The van der Waals surface area contributed by atoms with Crippen molar-refractivity contribution < 1.29 is 18.6 Å². The van der Waals surface area contributed by atoms with E-state index in [1.54, 1.807) is 0 Å². The Labute approximate surface area is 96.4 Å². The third-order valence-electron chi connectivity index (χ3n) is 2.62. The molecule has 6 nitrogen and oxygen atoms in total. The van der Waals surface area contributed by atoms with E-state index in [2.05, 4.69) is 4.72 Å². The predicted octanol–water partition coefficient (Wildman–Crippen LogP) is -0.950. The van der Waals surface area contributed by atoms with Crippen LogP contribution in [0.5, 0.6) is 0 Å². The lowest BCUT2D eigenvalue weighted by Gasteiger charge is -2.20. The van der Waals surface area contributed by atoms with E-state index >= 15 is 0 Å². The van der Waals surface area contributed by atoms with Crippen molar-refractivity contribution in [3.05, 3.63) is 0 Å². The van der Waals surface area contributed by atoms with Crippen LogP contribution in [-0.2, 0) is 10.2 Å². The van der Waals surface area contributed by atoms with Crippen LogP contribution in [0.25, 0.3) is 0 Å². The highest BCUT2D eigenvalue weighted by atomic mass is 32.2. The van der Waals surface area contributed by atoms with Crippen LogP contribution >= 0.6 is 0 Å². The minimum Gasteiger partial charge on any atom is -0.394 e. The molecule has 1 aliphatic rings. The van der Waals surface area contributed by atoms with E-state index < -0.39 is 22.9 Å². The minimum atomic E-state index is -3.50. The van der Waals surface area contributed by atoms with E-state index in [0.717, 1.165) is 25.7 Å². The fourth-order valence-electron chi connectivity index (χ4n) is 1.64. The molecule has 0 spiro atoms. The second-order valence-electron chi connectivity index (χ2n) is 4.00. The van der Waals surface area contributed by atoms with Crippen molar-refractivity contribution in [2.75, 3.05) is 26.2 Å². The summed E-state index contributed by atoms with van der Waals surface area (Å²) in [6, 6.07) is 0. The average molecular weight is 252 g/mol. The Balaban J connectivity index is 2.48. The van der Waals surface area contributed by atoms with Gasteiger partial charge in [0, 0.05) is 19.6 Å². The van der Waals surface area contributed by atoms with Crippen LogP contribution in [0.1, 0.15) is 25.7 Å². The number of aliphatic hydroxyl groups is 2. The zero-order valence-electron chi connectivity index (χ0n) is 9.30. The highest BCUT2D eigenvalue weighted by Crippen LogP contribution is 2.12. The fourth-order valence-corrected chi connectivity index (χ4v) is 2.96. The molecule has 1 atom stereocenters. The van der Waals surface area contributed by atoms with Crippen LogP contribution in [0.2, 0.25) is 0 Å². The van der Waals surface area contributed by atoms with Crippen molar-refractivity contribution in [1.29, 1.82) is 0 Å². The molecule has 1 saturated heterocycles. The maximum Gasteiger partial charge on any atom is 0.279 e. The zero-order valence-corrected chi connectivity index (χ0v) is 10.1. The summed E-state index contributed by atoms with van der Waals surface area (Å²) in [5.41, 5.74) is 0. The Morgan fingerprint density at radius 1 is 1.19 bits per heavy atom. The molecule has 0 bridgehead atoms. The van der Waals surface area contributed by atoms with Crippen LogP contribution in [-0.4, -0.2) is 55.3 Å². The van der Waals surface area contributed by atoms with E-state index in [1.165, 1.54) is 4.31 Å². The van der Waals surface area contributed by atoms with Gasteiger partial charge in [0.1, 0.15) is 0 Å². The first-order chi connectivity index (χ1) is 7.56. The van der Waals surface area contributed by atoms with Crippen LogP contribution in [0.4, 0.5) is 0 Å². The van der Waals surface area contributed by atoms with Gasteiger partial charge < -0.3 is 10.2 Å². The van der Waals surface area contributed by atoms with Crippen molar-refractivity contribution in [2.45, 2.75) is 31.8 Å². The minimum absolute atomic E-state index is 0.144. The number of nitrogens with one attached hydrogen (secondary N) is 1. The van der Waals surface area contributed by atoms with Gasteiger partial charge in [0.2, 0.25) is 0 Å². The smallest absolute Gasteiger partial charge is 0.279 e. The van der Waals surface area contributed by atoms with E-state index in [9.17, 15) is 8.42 Å². The molecule has 0 radical (unpaired) electrons. The van der Waals surface area contributed by atoms with Crippen LogP contribution < -0.4 is 4.72 Å². The van der Waals surface area contributed by atoms with Crippen molar-refractivity contribution in [2.24, 2.45) is 0 Å². The first-order valence-corrected chi connectivity index (χ1v) is 7.04. The van der Waals surface area contributed by atoms with Crippen molar-refractivity contribution in [3.8, 4) is 0 Å². The molecular weight excluding hydrogens is 232 g/mol. The number of nitrogens with zero attached hydrogens (tertiary/aromatic N) is 1. The SMILES string of the molecule is O=S(=O)(NCC(O)CO)N1CCCCCC1. The molecule has 1 heterocycles. The maximum atomic E-state index is 11.8. The average Bonchev–Trinajstić information content (AvgIpc) is 2.54. The summed E-state index contributed by atoms with van der Waals surface area (Å²) in [4.78, 5) is 0. The quantitative estimate of drug-likeness (QED) is 0.588. The number of rotatable bonds is 5. The molecule has 0 aromatic heterocycles. The van der Waals surface area contributed by atoms with Crippen molar-refractivity contribution in [1.82, 2.24) is 9.03 Å². The lowest BCUT2D eigenvalue weighted by molar-refractivity contribution is 0.0984. The molecule has 96 valence electrons. The molecule has 3 N–H and O–H groups in total. The molecular formula is C9H20N2O4S. The predicted molar refractivity (Wildman–Crippen MR) is 60.1 cm³/mol. The number of hydrogen-bond donors (Lipinski definition) is 3. The third kappa shape index (κ3) is 4.34. The number of aliphatic hydroxyl groups excluding tert-OH is 2. The van der Waals surface area contributed by atoms with Gasteiger partial charge in [-0.05, 0) is 12.8 Å². The summed E-state index contributed by atoms with van der Waals surface area (Å²) < 4.78 is 27.3. The molecule has 0 aliphatic carbocycles. The van der Waals surface area contributed by atoms with Gasteiger partial charge >= 0.3 is 0 Å². The van der Waals surface area contributed by atoms with E-state index in [-0.39, 0.29) is 6.54 Å². The van der Waals surface area contributed by atoms with Gasteiger partial charge in [-0.3, -0.25) is 0 Å². The molecule has 7 heteroatoms. The third-order valence-corrected chi connectivity index (χ3v) is 4.19. The molecule has 16 heavy (non-hydrogen) atoms. The summed E-state index contributed by atoms with van der Waals surface area (Å²) in [5, 5.41) is 17.7. The molecule has 0 amide bonds. The molecule has 0 aromatic carbocycles. The summed E-state index contributed by atoms with van der Waals surface area (Å²) in [7, 11) is -3.50. The Morgan fingerprint density at radius 3 is 2.25 bits per heavy atom.